The Labute approximate surface area is 335 Å². The lowest BCUT2D eigenvalue weighted by Crippen LogP contribution is -1.99. The Morgan fingerprint density at radius 3 is 1.61 bits per heavy atom. The SMILES string of the molecule is c1ccc(-c2nc(-c3ccccc3)nc(-c3ccc4c(c3)sc3cccc(-c5ccc6sc7cc(-n8c9ccccc9c9ccccc98)ccc7c6c5)c34)n2)cc1. The van der Waals surface area contributed by atoms with Gasteiger partial charge in [0, 0.05) is 73.5 Å². The minimum absolute atomic E-state index is 0.664. The first kappa shape index (κ1) is 32.3. The first-order chi connectivity index (χ1) is 28.2. The standard InChI is InChI=1S/C51H30N4S2/c1-3-12-31(13-4-1)49-52-50(32-14-5-2-6-15-32)54-51(53-49)34-22-25-40-46(29-34)57-45-21-11-18-36(48(40)45)33-23-27-44-41(28-33)39-26-24-35(30-47(39)56-44)55-42-19-9-7-16-37(42)38-17-8-10-20-43(38)55/h1-30H. The van der Waals surface area contributed by atoms with Gasteiger partial charge in [-0.3, -0.25) is 0 Å². The van der Waals surface area contributed by atoms with Gasteiger partial charge in [0.15, 0.2) is 17.5 Å². The third-order valence-electron chi connectivity index (χ3n) is 11.1. The topological polar surface area (TPSA) is 43.6 Å². The molecule has 0 aliphatic heterocycles. The average Bonchev–Trinajstić information content (AvgIpc) is 3.95. The van der Waals surface area contributed by atoms with Crippen molar-refractivity contribution in [2.75, 3.05) is 0 Å². The van der Waals surface area contributed by atoms with Gasteiger partial charge < -0.3 is 4.57 Å². The minimum Gasteiger partial charge on any atom is -0.309 e. The molecule has 0 bridgehead atoms. The fraction of sp³-hybridized carbons (Fsp3) is 0. The van der Waals surface area contributed by atoms with Gasteiger partial charge >= 0.3 is 0 Å². The van der Waals surface area contributed by atoms with Gasteiger partial charge in [0.2, 0.25) is 0 Å². The second-order valence-electron chi connectivity index (χ2n) is 14.4. The normalized spacial score (nSPS) is 11.9. The maximum Gasteiger partial charge on any atom is 0.164 e. The molecule has 0 saturated carbocycles. The van der Waals surface area contributed by atoms with Crippen LogP contribution in [0.4, 0.5) is 0 Å². The van der Waals surface area contributed by atoms with Crippen LogP contribution in [0.5, 0.6) is 0 Å². The highest BCUT2D eigenvalue weighted by Gasteiger charge is 2.18. The fourth-order valence-corrected chi connectivity index (χ4v) is 10.7. The fourth-order valence-electron chi connectivity index (χ4n) is 8.42. The van der Waals surface area contributed by atoms with E-state index in [0.717, 1.165) is 16.7 Å². The smallest absolute Gasteiger partial charge is 0.164 e. The Kier molecular flexibility index (Phi) is 7.24. The second kappa shape index (κ2) is 12.8. The maximum atomic E-state index is 5.00. The number of hydrogen-bond donors (Lipinski definition) is 0. The maximum absolute atomic E-state index is 5.00. The van der Waals surface area contributed by atoms with Gasteiger partial charge in [-0.15, -0.1) is 22.7 Å². The number of para-hydroxylation sites is 2. The summed E-state index contributed by atoms with van der Waals surface area (Å²) in [5.74, 6) is 1.99. The molecule has 0 aliphatic carbocycles. The van der Waals surface area contributed by atoms with Crippen molar-refractivity contribution >= 4 is 84.8 Å². The van der Waals surface area contributed by atoms with Crippen molar-refractivity contribution in [3.05, 3.63) is 182 Å². The molecule has 4 heterocycles. The Morgan fingerprint density at radius 2 is 0.912 bits per heavy atom. The second-order valence-corrected chi connectivity index (χ2v) is 16.6. The molecule has 8 aromatic carbocycles. The van der Waals surface area contributed by atoms with Crippen molar-refractivity contribution in [2.24, 2.45) is 0 Å². The molecular formula is C51H30N4S2. The van der Waals surface area contributed by atoms with Crippen LogP contribution in [-0.4, -0.2) is 19.5 Å². The van der Waals surface area contributed by atoms with E-state index in [4.69, 9.17) is 15.0 Å². The van der Waals surface area contributed by atoms with Crippen molar-refractivity contribution < 1.29 is 0 Å². The van der Waals surface area contributed by atoms with E-state index in [-0.39, 0.29) is 0 Å². The largest absolute Gasteiger partial charge is 0.309 e. The van der Waals surface area contributed by atoms with Gasteiger partial charge in [-0.1, -0.05) is 133 Å². The summed E-state index contributed by atoms with van der Waals surface area (Å²) in [4.78, 5) is 14.9. The van der Waals surface area contributed by atoms with Crippen LogP contribution in [0.15, 0.2) is 182 Å². The van der Waals surface area contributed by atoms with Crippen LogP contribution in [0.2, 0.25) is 0 Å². The molecule has 0 aliphatic rings. The molecule has 0 N–H and O–H groups in total. The molecule has 0 atom stereocenters. The molecule has 57 heavy (non-hydrogen) atoms. The Balaban J connectivity index is 0.964. The summed E-state index contributed by atoms with van der Waals surface area (Å²) in [7, 11) is 0. The lowest BCUT2D eigenvalue weighted by Gasteiger charge is -2.09. The van der Waals surface area contributed by atoms with Crippen LogP contribution in [0.1, 0.15) is 0 Å². The number of rotatable bonds is 5. The highest BCUT2D eigenvalue weighted by Crippen LogP contribution is 2.44. The molecule has 4 nitrogen and oxygen atoms in total. The van der Waals surface area contributed by atoms with Gasteiger partial charge in [-0.05, 0) is 59.7 Å². The molecule has 266 valence electrons. The van der Waals surface area contributed by atoms with E-state index in [2.05, 4.69) is 126 Å². The number of thiophene rings is 2. The summed E-state index contributed by atoms with van der Waals surface area (Å²) in [6.45, 7) is 0. The molecule has 6 heteroatoms. The van der Waals surface area contributed by atoms with E-state index >= 15 is 0 Å². The highest BCUT2D eigenvalue weighted by atomic mass is 32.1. The number of nitrogens with zero attached hydrogens (tertiary/aromatic N) is 4. The Bertz CT molecular complexity index is 3410. The quantitative estimate of drug-likeness (QED) is 0.175. The number of hydrogen-bond acceptors (Lipinski definition) is 5. The zero-order valence-corrected chi connectivity index (χ0v) is 32.1. The number of fused-ring (bicyclic) bond motifs is 9. The van der Waals surface area contributed by atoms with Crippen molar-refractivity contribution in [1.29, 1.82) is 0 Å². The lowest BCUT2D eigenvalue weighted by atomic mass is 9.97. The predicted octanol–water partition coefficient (Wildman–Crippen LogP) is 14.4. The Morgan fingerprint density at radius 1 is 0.333 bits per heavy atom. The zero-order valence-electron chi connectivity index (χ0n) is 30.4. The van der Waals surface area contributed by atoms with E-state index in [0.29, 0.717) is 17.5 Å². The van der Waals surface area contributed by atoms with Crippen LogP contribution in [0.25, 0.3) is 113 Å². The molecular weight excluding hydrogens is 733 g/mol. The van der Waals surface area contributed by atoms with Crippen molar-refractivity contribution in [1.82, 2.24) is 19.5 Å². The monoisotopic (exact) mass is 762 g/mol. The molecule has 4 aromatic heterocycles. The summed E-state index contributed by atoms with van der Waals surface area (Å²) < 4.78 is 7.45. The van der Waals surface area contributed by atoms with Crippen molar-refractivity contribution in [2.45, 2.75) is 0 Å². The third-order valence-corrected chi connectivity index (χ3v) is 13.3. The van der Waals surface area contributed by atoms with E-state index in [1.165, 1.54) is 79.0 Å². The first-order valence-electron chi connectivity index (χ1n) is 19.0. The lowest BCUT2D eigenvalue weighted by molar-refractivity contribution is 1.07. The van der Waals surface area contributed by atoms with E-state index in [9.17, 15) is 0 Å². The first-order valence-corrected chi connectivity index (χ1v) is 20.6. The minimum atomic E-state index is 0.664. The van der Waals surface area contributed by atoms with Crippen LogP contribution in [-0.2, 0) is 0 Å². The van der Waals surface area contributed by atoms with Crippen molar-refractivity contribution in [3.8, 4) is 51.0 Å². The molecule has 0 saturated heterocycles. The van der Waals surface area contributed by atoms with Gasteiger partial charge in [-0.2, -0.15) is 0 Å². The molecule has 0 amide bonds. The summed E-state index contributed by atoms with van der Waals surface area (Å²) in [5, 5.41) is 7.65. The van der Waals surface area contributed by atoms with Crippen molar-refractivity contribution in [3.63, 3.8) is 0 Å². The predicted molar refractivity (Wildman–Crippen MR) is 242 cm³/mol. The third kappa shape index (κ3) is 5.22. The van der Waals surface area contributed by atoms with E-state index in [1.807, 2.05) is 83.3 Å². The Hall–Kier alpha value is -6.99. The number of benzene rings is 8. The zero-order chi connectivity index (χ0) is 37.5. The highest BCUT2D eigenvalue weighted by molar-refractivity contribution is 7.26. The molecule has 0 fully saturated rings. The van der Waals surface area contributed by atoms with Crippen LogP contribution < -0.4 is 0 Å². The van der Waals surface area contributed by atoms with Gasteiger partial charge in [-0.25, -0.2) is 15.0 Å². The van der Waals surface area contributed by atoms with Gasteiger partial charge in [0.1, 0.15) is 0 Å². The van der Waals surface area contributed by atoms with Crippen LogP contribution in [0, 0.1) is 0 Å². The molecule has 12 aromatic rings. The van der Waals surface area contributed by atoms with Crippen LogP contribution >= 0.6 is 22.7 Å². The summed E-state index contributed by atoms with van der Waals surface area (Å²) in [6.07, 6.45) is 0. The summed E-state index contributed by atoms with van der Waals surface area (Å²) in [5.41, 5.74) is 9.01. The van der Waals surface area contributed by atoms with Gasteiger partial charge in [0.25, 0.3) is 0 Å². The van der Waals surface area contributed by atoms with E-state index < -0.39 is 0 Å². The van der Waals surface area contributed by atoms with Crippen LogP contribution in [0.3, 0.4) is 0 Å². The summed E-state index contributed by atoms with van der Waals surface area (Å²) >= 11 is 3.69. The summed E-state index contributed by atoms with van der Waals surface area (Å²) in [6, 6.07) is 65.0. The molecule has 0 unspecified atom stereocenters. The van der Waals surface area contributed by atoms with E-state index in [1.54, 1.807) is 0 Å². The average molecular weight is 763 g/mol. The number of aromatic nitrogens is 4. The molecule has 12 rings (SSSR count). The van der Waals surface area contributed by atoms with Gasteiger partial charge in [0.05, 0.1) is 11.0 Å². The molecule has 0 spiro atoms. The molecule has 0 radical (unpaired) electrons.